The van der Waals surface area contributed by atoms with Gasteiger partial charge in [-0.1, -0.05) is 11.6 Å². The molecule has 1 aliphatic heterocycles. The van der Waals surface area contributed by atoms with E-state index in [0.717, 1.165) is 29.5 Å². The Hall–Kier alpha value is -2.14. The lowest BCUT2D eigenvalue weighted by atomic mass is 10.0. The number of amides is 2. The van der Waals surface area contributed by atoms with Crippen LogP contribution in [0.25, 0.3) is 11.1 Å². The Balaban J connectivity index is 2.01. The number of carbonyl (C=O) groups is 1. The number of aromatic nitrogens is 2. The fourth-order valence-electron chi connectivity index (χ4n) is 2.38. The van der Waals surface area contributed by atoms with Crippen LogP contribution in [0.1, 0.15) is 12.0 Å². The molecule has 2 N–H and O–H groups in total. The van der Waals surface area contributed by atoms with Crippen molar-refractivity contribution < 1.29 is 4.79 Å². The van der Waals surface area contributed by atoms with Gasteiger partial charge in [0.1, 0.15) is 11.0 Å². The first-order valence-electron chi connectivity index (χ1n) is 6.33. The molecule has 20 heavy (non-hydrogen) atoms. The third-order valence-electron chi connectivity index (χ3n) is 3.35. The summed E-state index contributed by atoms with van der Waals surface area (Å²) in [7, 11) is 0. The summed E-state index contributed by atoms with van der Waals surface area (Å²) in [4.78, 5) is 21.4. The average Bonchev–Trinajstić information content (AvgIpc) is 2.46. The molecule has 0 fully saturated rings. The van der Waals surface area contributed by atoms with Gasteiger partial charge >= 0.3 is 6.03 Å². The molecule has 0 unspecified atom stereocenters. The van der Waals surface area contributed by atoms with Crippen LogP contribution in [0.15, 0.2) is 30.6 Å². The molecule has 0 spiro atoms. The van der Waals surface area contributed by atoms with Crippen LogP contribution in [0.2, 0.25) is 5.15 Å². The first-order valence-corrected chi connectivity index (χ1v) is 6.71. The second-order valence-corrected chi connectivity index (χ2v) is 5.06. The van der Waals surface area contributed by atoms with E-state index in [-0.39, 0.29) is 0 Å². The summed E-state index contributed by atoms with van der Waals surface area (Å²) in [6, 6.07) is 5.21. The molecule has 6 heteroatoms. The molecule has 5 nitrogen and oxygen atoms in total. The smallest absolute Gasteiger partial charge is 0.320 e. The quantitative estimate of drug-likeness (QED) is 0.820. The fraction of sp³-hybridized carbons (Fsp3) is 0.214. The molecule has 0 atom stereocenters. The van der Waals surface area contributed by atoms with Crippen molar-refractivity contribution >= 4 is 23.4 Å². The van der Waals surface area contributed by atoms with E-state index in [1.54, 1.807) is 18.5 Å². The van der Waals surface area contributed by atoms with E-state index in [0.29, 0.717) is 17.5 Å². The van der Waals surface area contributed by atoms with Gasteiger partial charge in [0.2, 0.25) is 0 Å². The van der Waals surface area contributed by atoms with Gasteiger partial charge in [-0.15, -0.1) is 0 Å². The summed E-state index contributed by atoms with van der Waals surface area (Å²) in [6.07, 6.45) is 5.21. The van der Waals surface area contributed by atoms with Crippen molar-refractivity contribution in [3.63, 3.8) is 0 Å². The normalized spacial score (nSPS) is 13.9. The van der Waals surface area contributed by atoms with Gasteiger partial charge in [0.15, 0.2) is 0 Å². The van der Waals surface area contributed by atoms with Crippen molar-refractivity contribution in [3.05, 3.63) is 41.3 Å². The maximum Gasteiger partial charge on any atom is 0.320 e. The number of pyridine rings is 2. The summed E-state index contributed by atoms with van der Waals surface area (Å²) in [5, 5.41) is 0.458. The second kappa shape index (κ2) is 5.09. The highest BCUT2D eigenvalue weighted by molar-refractivity contribution is 6.29. The van der Waals surface area contributed by atoms with E-state index < -0.39 is 6.03 Å². The molecule has 2 aromatic rings. The van der Waals surface area contributed by atoms with Crippen molar-refractivity contribution in [2.75, 3.05) is 11.4 Å². The van der Waals surface area contributed by atoms with Crippen LogP contribution in [0, 0.1) is 0 Å². The van der Waals surface area contributed by atoms with E-state index >= 15 is 0 Å². The molecule has 3 rings (SSSR count). The number of hydrogen-bond donors (Lipinski definition) is 1. The Morgan fingerprint density at radius 2 is 2.05 bits per heavy atom. The number of carbonyl (C=O) groups excluding carboxylic acids is 1. The highest BCUT2D eigenvalue weighted by atomic mass is 35.5. The molecule has 1 aliphatic rings. The van der Waals surface area contributed by atoms with Gasteiger partial charge in [-0.2, -0.15) is 0 Å². The Kier molecular flexibility index (Phi) is 3.28. The number of aryl methyl sites for hydroxylation is 1. The molecule has 0 radical (unpaired) electrons. The summed E-state index contributed by atoms with van der Waals surface area (Å²) < 4.78 is 0. The number of primary amides is 1. The minimum Gasteiger partial charge on any atom is -0.351 e. The van der Waals surface area contributed by atoms with Crippen LogP contribution >= 0.6 is 11.6 Å². The largest absolute Gasteiger partial charge is 0.351 e. The van der Waals surface area contributed by atoms with Gasteiger partial charge in [0.25, 0.3) is 0 Å². The van der Waals surface area contributed by atoms with Crippen molar-refractivity contribution in [1.82, 2.24) is 9.97 Å². The molecule has 3 heterocycles. The molecule has 2 amide bonds. The van der Waals surface area contributed by atoms with Crippen LogP contribution in [0.5, 0.6) is 0 Å². The van der Waals surface area contributed by atoms with E-state index in [2.05, 4.69) is 9.97 Å². The van der Waals surface area contributed by atoms with Crippen LogP contribution in [-0.2, 0) is 6.42 Å². The first-order chi connectivity index (χ1) is 9.65. The molecule has 0 bridgehead atoms. The van der Waals surface area contributed by atoms with Gasteiger partial charge in [-0.05, 0) is 36.6 Å². The van der Waals surface area contributed by atoms with Crippen molar-refractivity contribution in [1.29, 1.82) is 0 Å². The highest BCUT2D eigenvalue weighted by Crippen LogP contribution is 2.29. The number of rotatable bonds is 1. The Morgan fingerprint density at radius 3 is 2.75 bits per heavy atom. The number of halogens is 1. The Bertz CT molecular complexity index is 657. The summed E-state index contributed by atoms with van der Waals surface area (Å²) >= 11 is 5.78. The second-order valence-electron chi connectivity index (χ2n) is 4.67. The summed E-state index contributed by atoms with van der Waals surface area (Å²) in [5.74, 6) is 0.662. The van der Waals surface area contributed by atoms with Crippen LogP contribution < -0.4 is 10.6 Å². The maximum absolute atomic E-state index is 11.4. The zero-order valence-electron chi connectivity index (χ0n) is 10.7. The molecule has 0 saturated heterocycles. The zero-order chi connectivity index (χ0) is 14.1. The van der Waals surface area contributed by atoms with Crippen LogP contribution in [0.4, 0.5) is 10.6 Å². The van der Waals surface area contributed by atoms with Gasteiger partial charge in [-0.3, -0.25) is 4.90 Å². The van der Waals surface area contributed by atoms with Crippen LogP contribution in [0.3, 0.4) is 0 Å². The molecular weight excluding hydrogens is 276 g/mol. The van der Waals surface area contributed by atoms with Gasteiger partial charge in [-0.25, -0.2) is 14.8 Å². The fourth-order valence-corrected chi connectivity index (χ4v) is 2.49. The number of urea groups is 1. The van der Waals surface area contributed by atoms with Gasteiger partial charge < -0.3 is 5.73 Å². The SMILES string of the molecule is NC(=O)N1CCCc2cc(-c3ccc(Cl)nc3)cnc21. The van der Waals surface area contributed by atoms with Gasteiger partial charge in [0.05, 0.1) is 0 Å². The lowest BCUT2D eigenvalue weighted by Gasteiger charge is -2.26. The number of hydrogen-bond acceptors (Lipinski definition) is 3. The number of nitrogens with zero attached hydrogens (tertiary/aromatic N) is 3. The van der Waals surface area contributed by atoms with E-state index in [1.165, 1.54) is 4.90 Å². The van der Waals surface area contributed by atoms with E-state index in [9.17, 15) is 4.79 Å². The Morgan fingerprint density at radius 1 is 1.25 bits per heavy atom. The standard InChI is InChI=1S/C14H13ClN4O/c15-12-4-3-10(7-17-12)11-6-9-2-1-5-19(14(16)20)13(9)18-8-11/h3-4,6-8H,1-2,5H2,(H2,16,20). The molecule has 0 saturated carbocycles. The lowest BCUT2D eigenvalue weighted by molar-refractivity contribution is 0.253. The summed E-state index contributed by atoms with van der Waals surface area (Å²) in [6.45, 7) is 0.622. The number of nitrogens with two attached hydrogens (primary N) is 1. The molecule has 2 aromatic heterocycles. The average molecular weight is 289 g/mol. The van der Waals surface area contributed by atoms with Crippen molar-refractivity contribution in [3.8, 4) is 11.1 Å². The third kappa shape index (κ3) is 2.32. The van der Waals surface area contributed by atoms with Crippen molar-refractivity contribution in [2.45, 2.75) is 12.8 Å². The topological polar surface area (TPSA) is 72.1 Å². The minimum absolute atomic E-state index is 0.458. The third-order valence-corrected chi connectivity index (χ3v) is 3.58. The van der Waals surface area contributed by atoms with Crippen molar-refractivity contribution in [2.24, 2.45) is 5.73 Å². The molecule has 0 aromatic carbocycles. The zero-order valence-corrected chi connectivity index (χ0v) is 11.5. The van der Waals surface area contributed by atoms with E-state index in [4.69, 9.17) is 17.3 Å². The number of anilines is 1. The maximum atomic E-state index is 11.4. The lowest BCUT2D eigenvalue weighted by Crippen LogP contribution is -2.40. The minimum atomic E-state index is -0.459. The molecular formula is C14H13ClN4O. The monoisotopic (exact) mass is 288 g/mol. The molecule has 102 valence electrons. The van der Waals surface area contributed by atoms with Crippen LogP contribution in [-0.4, -0.2) is 22.5 Å². The summed E-state index contributed by atoms with van der Waals surface area (Å²) in [5.41, 5.74) is 8.30. The first kappa shape index (κ1) is 12.9. The predicted molar refractivity (Wildman–Crippen MR) is 77.7 cm³/mol. The Labute approximate surface area is 121 Å². The molecule has 0 aliphatic carbocycles. The van der Waals surface area contributed by atoms with E-state index in [1.807, 2.05) is 12.1 Å². The van der Waals surface area contributed by atoms with Gasteiger partial charge in [0, 0.05) is 30.1 Å². The predicted octanol–water partition coefficient (Wildman–Crippen LogP) is 2.63. The highest BCUT2D eigenvalue weighted by Gasteiger charge is 2.22. The number of fused-ring (bicyclic) bond motifs is 1.